The summed E-state index contributed by atoms with van der Waals surface area (Å²) in [5.74, 6) is 0.0541. The predicted octanol–water partition coefficient (Wildman–Crippen LogP) is 1.42. The van der Waals surface area contributed by atoms with E-state index in [1.54, 1.807) is 4.57 Å². The van der Waals surface area contributed by atoms with E-state index in [2.05, 4.69) is 34.4 Å². The van der Waals surface area contributed by atoms with Crippen LogP contribution in [0.1, 0.15) is 25.3 Å². The molecule has 228 valence electrons. The SMILES string of the molecule is CO[P+](=O)OC[C@H]1O[C@@H](n2cnc3c(N)ncnc32)C[C@@H]1O[P+](=O)OC[C@H]1O[C@@H](n2cnc3c(=O)[nH]c(N)nc32)C[C@@H]1F. The molecule has 2 aliphatic heterocycles. The highest BCUT2D eigenvalue weighted by Gasteiger charge is 2.46. The Hall–Kier alpha value is -3.61. The van der Waals surface area contributed by atoms with Crippen molar-refractivity contribution in [2.24, 2.45) is 0 Å². The molecule has 2 saturated heterocycles. The van der Waals surface area contributed by atoms with E-state index in [9.17, 15) is 18.3 Å². The van der Waals surface area contributed by atoms with Gasteiger partial charge in [-0.1, -0.05) is 0 Å². The van der Waals surface area contributed by atoms with Crippen LogP contribution in [0.2, 0.25) is 0 Å². The van der Waals surface area contributed by atoms with Crippen LogP contribution < -0.4 is 17.0 Å². The van der Waals surface area contributed by atoms with Crippen LogP contribution >= 0.6 is 16.5 Å². The van der Waals surface area contributed by atoms with Gasteiger partial charge in [-0.2, -0.15) is 4.98 Å². The Morgan fingerprint density at radius 3 is 2.44 bits per heavy atom. The number of hydrogen-bond acceptors (Lipinski definition) is 16. The van der Waals surface area contributed by atoms with E-state index in [4.69, 9.17) is 34.5 Å². The quantitative estimate of drug-likeness (QED) is 0.196. The van der Waals surface area contributed by atoms with Gasteiger partial charge in [-0.05, 0) is 0 Å². The van der Waals surface area contributed by atoms with E-state index >= 15 is 0 Å². The van der Waals surface area contributed by atoms with E-state index in [0.717, 1.165) is 0 Å². The monoisotopic (exact) mass is 642 g/mol. The number of aromatic nitrogens is 8. The van der Waals surface area contributed by atoms with Gasteiger partial charge in [0.05, 0.1) is 19.8 Å². The second kappa shape index (κ2) is 12.2. The van der Waals surface area contributed by atoms with Gasteiger partial charge >= 0.3 is 16.5 Å². The number of H-pyrrole nitrogens is 1. The fraction of sp³-hybridized carbons (Fsp3) is 0.524. The van der Waals surface area contributed by atoms with E-state index in [0.29, 0.717) is 11.2 Å². The van der Waals surface area contributed by atoms with Gasteiger partial charge in [0.1, 0.15) is 62.0 Å². The van der Waals surface area contributed by atoms with Crippen LogP contribution in [-0.4, -0.2) is 83.8 Å². The zero-order valence-corrected chi connectivity index (χ0v) is 24.0. The molecule has 0 saturated carbocycles. The van der Waals surface area contributed by atoms with Gasteiger partial charge in [-0.15, -0.1) is 18.1 Å². The standard InChI is InChI=1S/C21H24FN10O9P2/c1-36-42(34)37-5-12-10(3-14(40-12)31-7-27-15-17(23)25-6-26-18(15)31)41-43(35)38-4-11-9(22)2-13(39-11)32-8-28-16-19(32)29-21(24)30-20(16)33/h6-14H,2-5H2,1H3,(H4-,23,24,25,26,29,30,33)/q+1/p+1/t9-,10-,11+,12+,13+,14+/m0/s1. The number of alkyl halides is 1. The topological polar surface area (TPSA) is 249 Å². The molecule has 0 spiro atoms. The normalized spacial score (nSPS) is 26.5. The number of anilines is 2. The first kappa shape index (κ1) is 29.5. The van der Waals surface area contributed by atoms with Crippen LogP contribution in [0, 0.1) is 0 Å². The predicted molar refractivity (Wildman–Crippen MR) is 143 cm³/mol. The highest BCUT2D eigenvalue weighted by Crippen LogP contribution is 2.41. The Morgan fingerprint density at radius 1 is 0.977 bits per heavy atom. The van der Waals surface area contributed by atoms with E-state index in [-0.39, 0.29) is 42.4 Å². The first-order chi connectivity index (χ1) is 20.7. The fourth-order valence-corrected chi connectivity index (χ4v) is 5.99. The van der Waals surface area contributed by atoms with Crippen molar-refractivity contribution in [3.8, 4) is 0 Å². The molecule has 6 rings (SSSR count). The van der Waals surface area contributed by atoms with Crippen molar-refractivity contribution in [2.45, 2.75) is 49.8 Å². The molecule has 6 heterocycles. The molecule has 8 atom stereocenters. The summed E-state index contributed by atoms with van der Waals surface area (Å²) in [4.78, 5) is 34.8. The Balaban J connectivity index is 1.10. The van der Waals surface area contributed by atoms with Gasteiger partial charge in [0.25, 0.3) is 5.56 Å². The highest BCUT2D eigenvalue weighted by atomic mass is 31.1. The molecule has 19 nitrogen and oxygen atoms in total. The van der Waals surface area contributed by atoms with Gasteiger partial charge in [-0.25, -0.2) is 24.3 Å². The number of rotatable bonds is 11. The molecule has 0 amide bonds. The largest absolute Gasteiger partial charge is 0.697 e. The molecule has 22 heteroatoms. The van der Waals surface area contributed by atoms with Crippen molar-refractivity contribution in [3.63, 3.8) is 0 Å². The molecule has 2 fully saturated rings. The maximum atomic E-state index is 14.9. The summed E-state index contributed by atoms with van der Waals surface area (Å²) in [6.45, 7) is -0.636. The second-order valence-electron chi connectivity index (χ2n) is 9.47. The third kappa shape index (κ3) is 5.96. The molecular weight excluding hydrogens is 617 g/mol. The number of fused-ring (bicyclic) bond motifs is 2. The molecule has 5 N–H and O–H groups in total. The Kier molecular flexibility index (Phi) is 8.34. The summed E-state index contributed by atoms with van der Waals surface area (Å²) >= 11 is 0. The van der Waals surface area contributed by atoms with Crippen LogP contribution in [0.4, 0.5) is 16.2 Å². The molecule has 2 aliphatic rings. The number of hydrogen-bond donors (Lipinski definition) is 3. The summed E-state index contributed by atoms with van der Waals surface area (Å²) in [5.41, 5.74) is 11.9. The van der Waals surface area contributed by atoms with Crippen LogP contribution in [0.25, 0.3) is 22.3 Å². The van der Waals surface area contributed by atoms with E-state index in [1.165, 1.54) is 30.7 Å². The maximum Gasteiger partial charge on any atom is 0.697 e. The third-order valence-electron chi connectivity index (χ3n) is 6.86. The molecule has 43 heavy (non-hydrogen) atoms. The van der Waals surface area contributed by atoms with Crippen LogP contribution in [0.5, 0.6) is 0 Å². The lowest BCUT2D eigenvalue weighted by atomic mass is 10.2. The third-order valence-corrected chi connectivity index (χ3v) is 8.32. The zero-order valence-electron chi connectivity index (χ0n) is 22.3. The van der Waals surface area contributed by atoms with Crippen LogP contribution in [-0.2, 0) is 36.7 Å². The molecule has 0 aliphatic carbocycles. The van der Waals surface area contributed by atoms with Gasteiger partial charge in [0.15, 0.2) is 22.6 Å². The number of nitrogens with zero attached hydrogens (tertiary/aromatic N) is 7. The van der Waals surface area contributed by atoms with Gasteiger partial charge < -0.3 is 20.9 Å². The number of imidazole rings is 2. The van der Waals surface area contributed by atoms with Crippen molar-refractivity contribution in [1.82, 2.24) is 39.0 Å². The lowest BCUT2D eigenvalue weighted by molar-refractivity contribution is -0.0409. The number of nitrogen functional groups attached to an aromatic ring is 2. The van der Waals surface area contributed by atoms with E-state index in [1.807, 2.05) is 0 Å². The summed E-state index contributed by atoms with van der Waals surface area (Å²) in [6.07, 6.45) is -1.80. The number of ether oxygens (including phenoxy) is 2. The summed E-state index contributed by atoms with van der Waals surface area (Å²) in [7, 11) is -4.00. The van der Waals surface area contributed by atoms with Crippen molar-refractivity contribution < 1.29 is 41.1 Å². The average Bonchev–Trinajstić information content (AvgIpc) is 3.76. The van der Waals surface area contributed by atoms with E-state index < -0.39 is 65.6 Å². The Morgan fingerprint density at radius 2 is 1.65 bits per heavy atom. The molecular formula is C21H25FN10O9P2+2. The van der Waals surface area contributed by atoms with Crippen molar-refractivity contribution in [1.29, 1.82) is 0 Å². The minimum atomic E-state index is -2.80. The van der Waals surface area contributed by atoms with Crippen molar-refractivity contribution in [2.75, 3.05) is 31.8 Å². The number of aromatic amines is 1. The molecule has 0 aromatic carbocycles. The summed E-state index contributed by atoms with van der Waals surface area (Å²) in [6, 6.07) is 0. The molecule has 0 radical (unpaired) electrons. The fourth-order valence-electron chi connectivity index (χ4n) is 4.84. The van der Waals surface area contributed by atoms with Crippen molar-refractivity contribution in [3.05, 3.63) is 29.3 Å². The smallest absolute Gasteiger partial charge is 0.382 e. The maximum absolute atomic E-state index is 14.9. The second-order valence-corrected chi connectivity index (χ2v) is 11.5. The van der Waals surface area contributed by atoms with Crippen molar-refractivity contribution >= 4 is 50.6 Å². The van der Waals surface area contributed by atoms with Gasteiger partial charge in [-0.3, -0.25) is 18.9 Å². The lowest BCUT2D eigenvalue weighted by Crippen LogP contribution is -2.27. The number of nitrogens with one attached hydrogen (secondary N) is 1. The molecule has 4 aromatic heterocycles. The summed E-state index contributed by atoms with van der Waals surface area (Å²) in [5, 5.41) is 0. The minimum Gasteiger partial charge on any atom is -0.382 e. The first-order valence-corrected chi connectivity index (χ1v) is 14.9. The molecule has 0 bridgehead atoms. The summed E-state index contributed by atoms with van der Waals surface area (Å²) < 4.78 is 75.0. The Labute approximate surface area is 241 Å². The van der Waals surface area contributed by atoms with Crippen LogP contribution in [0.15, 0.2) is 23.8 Å². The first-order valence-electron chi connectivity index (χ1n) is 12.7. The van der Waals surface area contributed by atoms with Gasteiger partial charge in [0, 0.05) is 22.0 Å². The average molecular weight is 642 g/mol. The van der Waals surface area contributed by atoms with Gasteiger partial charge in [0.2, 0.25) is 5.95 Å². The zero-order chi connectivity index (χ0) is 30.2. The lowest BCUT2D eigenvalue weighted by Gasteiger charge is -2.13. The molecule has 4 aromatic rings. The number of halogens is 1. The molecule has 2 unspecified atom stereocenters. The Bertz CT molecular complexity index is 1740. The van der Waals surface area contributed by atoms with Crippen LogP contribution in [0.3, 0.4) is 0 Å². The highest BCUT2D eigenvalue weighted by molar-refractivity contribution is 7.33. The number of nitrogens with two attached hydrogens (primary N) is 2. The minimum absolute atomic E-state index is 0.0228.